The average molecular weight is 382 g/mol. The smallest absolute Gasteiger partial charge is 0.241 e. The lowest BCUT2D eigenvalue weighted by molar-refractivity contribution is -0.120. The van der Waals surface area contributed by atoms with Crippen molar-refractivity contribution in [2.24, 2.45) is 11.8 Å². The first kappa shape index (κ1) is 18.8. The molecule has 3 rings (SSSR count). The van der Waals surface area contributed by atoms with Gasteiger partial charge in [-0.05, 0) is 43.2 Å². The van der Waals surface area contributed by atoms with Gasteiger partial charge in [-0.25, -0.2) is 8.42 Å². The molecule has 2 aliphatic carbocycles. The molecule has 0 saturated heterocycles. The Morgan fingerprint density at radius 2 is 2.00 bits per heavy atom. The van der Waals surface area contributed by atoms with E-state index in [4.69, 9.17) is 9.47 Å². The van der Waals surface area contributed by atoms with E-state index in [0.29, 0.717) is 23.3 Å². The third-order valence-corrected chi connectivity index (χ3v) is 6.55. The minimum atomic E-state index is -3.68. The monoisotopic (exact) mass is 382 g/mol. The van der Waals surface area contributed by atoms with Crippen LogP contribution in [0.15, 0.2) is 18.2 Å². The van der Waals surface area contributed by atoms with E-state index in [1.807, 2.05) is 0 Å². The summed E-state index contributed by atoms with van der Waals surface area (Å²) in [5.41, 5.74) is 0.289. The molecule has 2 bridgehead atoms. The molecule has 0 heterocycles. The molecule has 26 heavy (non-hydrogen) atoms. The normalized spacial score (nSPS) is 24.3. The maximum absolute atomic E-state index is 12.6. The van der Waals surface area contributed by atoms with Gasteiger partial charge >= 0.3 is 0 Å². The Labute approximate surface area is 154 Å². The summed E-state index contributed by atoms with van der Waals surface area (Å²) in [4.78, 5) is 12.6. The molecule has 1 aromatic rings. The number of hydrogen-bond donors (Lipinski definition) is 1. The predicted molar refractivity (Wildman–Crippen MR) is 99.1 cm³/mol. The van der Waals surface area contributed by atoms with Gasteiger partial charge in [0.2, 0.25) is 15.9 Å². The highest BCUT2D eigenvalue weighted by Gasteiger charge is 2.40. The van der Waals surface area contributed by atoms with Crippen LogP contribution in [-0.2, 0) is 14.8 Å². The Kier molecular flexibility index (Phi) is 5.32. The SMILES string of the molecule is COc1ccc(OC)c(N(CC(=O)N[C@@H]2C[C@H]3CC[C@H]2C3)S(C)(=O)=O)c1. The second kappa shape index (κ2) is 7.34. The number of anilines is 1. The molecule has 2 fully saturated rings. The molecule has 2 saturated carbocycles. The zero-order valence-electron chi connectivity index (χ0n) is 15.4. The number of carbonyl (C=O) groups is 1. The molecule has 3 atom stereocenters. The molecule has 8 heteroatoms. The lowest BCUT2D eigenvalue weighted by Crippen LogP contribution is -2.45. The minimum absolute atomic E-state index is 0.162. The van der Waals surface area contributed by atoms with Crippen LogP contribution in [0.25, 0.3) is 0 Å². The molecule has 0 aromatic heterocycles. The summed E-state index contributed by atoms with van der Waals surface area (Å²) >= 11 is 0. The van der Waals surface area contributed by atoms with Gasteiger partial charge in [-0.2, -0.15) is 0 Å². The fourth-order valence-electron chi connectivity index (χ4n) is 4.18. The summed E-state index contributed by atoms with van der Waals surface area (Å²) in [6.45, 7) is -0.282. The van der Waals surface area contributed by atoms with Crippen molar-refractivity contribution < 1.29 is 22.7 Å². The summed E-state index contributed by atoms with van der Waals surface area (Å²) in [7, 11) is -0.720. The molecule has 7 nitrogen and oxygen atoms in total. The minimum Gasteiger partial charge on any atom is -0.497 e. The zero-order chi connectivity index (χ0) is 18.9. The Bertz CT molecular complexity index is 780. The van der Waals surface area contributed by atoms with Gasteiger partial charge in [0.05, 0.1) is 26.2 Å². The maximum atomic E-state index is 12.6. The third-order valence-electron chi connectivity index (χ3n) is 5.43. The van der Waals surface area contributed by atoms with Crippen LogP contribution in [-0.4, -0.2) is 47.4 Å². The van der Waals surface area contributed by atoms with Crippen LogP contribution in [0.5, 0.6) is 11.5 Å². The number of sulfonamides is 1. The first-order valence-electron chi connectivity index (χ1n) is 8.81. The van der Waals surface area contributed by atoms with Gasteiger partial charge in [-0.3, -0.25) is 9.10 Å². The van der Waals surface area contributed by atoms with E-state index in [2.05, 4.69) is 5.32 Å². The fourth-order valence-corrected chi connectivity index (χ4v) is 5.03. The summed E-state index contributed by atoms with van der Waals surface area (Å²) in [5, 5.41) is 3.03. The topological polar surface area (TPSA) is 84.9 Å². The first-order valence-corrected chi connectivity index (χ1v) is 10.7. The van der Waals surface area contributed by atoms with E-state index < -0.39 is 10.0 Å². The molecular weight excluding hydrogens is 356 g/mol. The van der Waals surface area contributed by atoms with Crippen molar-refractivity contribution in [1.29, 1.82) is 0 Å². The van der Waals surface area contributed by atoms with Crippen molar-refractivity contribution >= 4 is 21.6 Å². The van der Waals surface area contributed by atoms with Gasteiger partial charge in [-0.1, -0.05) is 6.42 Å². The van der Waals surface area contributed by atoms with E-state index in [-0.39, 0.29) is 24.2 Å². The van der Waals surface area contributed by atoms with Crippen molar-refractivity contribution in [2.45, 2.75) is 31.7 Å². The zero-order valence-corrected chi connectivity index (χ0v) is 16.2. The number of amides is 1. The third kappa shape index (κ3) is 3.90. The highest BCUT2D eigenvalue weighted by molar-refractivity contribution is 7.92. The van der Waals surface area contributed by atoms with Gasteiger partial charge in [0.25, 0.3) is 0 Å². The summed E-state index contributed by atoms with van der Waals surface area (Å²) < 4.78 is 36.2. The molecule has 2 aliphatic rings. The number of benzene rings is 1. The maximum Gasteiger partial charge on any atom is 0.241 e. The lowest BCUT2D eigenvalue weighted by atomic mass is 9.95. The Balaban J connectivity index is 1.80. The van der Waals surface area contributed by atoms with Crippen molar-refractivity contribution in [2.75, 3.05) is 31.3 Å². The summed E-state index contributed by atoms with van der Waals surface area (Å²) in [6, 6.07) is 5.03. The highest BCUT2D eigenvalue weighted by atomic mass is 32.2. The van der Waals surface area contributed by atoms with Crippen molar-refractivity contribution in [3.63, 3.8) is 0 Å². The van der Waals surface area contributed by atoms with Crippen LogP contribution in [0.1, 0.15) is 25.7 Å². The Hall–Kier alpha value is -1.96. The van der Waals surface area contributed by atoms with Gasteiger partial charge < -0.3 is 14.8 Å². The number of hydrogen-bond acceptors (Lipinski definition) is 5. The second-order valence-electron chi connectivity index (χ2n) is 7.16. The number of carbonyl (C=O) groups excluding carboxylic acids is 1. The second-order valence-corrected chi connectivity index (χ2v) is 9.06. The standard InChI is InChI=1S/C18H26N2O5S/c1-24-14-6-7-17(25-2)16(10-14)20(26(3,22)23)11-18(21)19-15-9-12-4-5-13(15)8-12/h6-7,10,12-13,15H,4-5,8-9,11H2,1-3H3,(H,19,21)/t12-,13-,15+/m0/s1. The molecule has 1 amide bonds. The Morgan fingerprint density at radius 1 is 1.23 bits per heavy atom. The van der Waals surface area contributed by atoms with Crippen molar-refractivity contribution in [3.8, 4) is 11.5 Å². The average Bonchev–Trinajstić information content (AvgIpc) is 3.21. The summed E-state index contributed by atoms with van der Waals surface area (Å²) in [6.07, 6.45) is 5.64. The summed E-state index contributed by atoms with van der Waals surface area (Å²) in [5.74, 6) is 1.79. The first-order chi connectivity index (χ1) is 12.3. The van der Waals surface area contributed by atoms with E-state index in [1.165, 1.54) is 27.1 Å². The number of nitrogens with one attached hydrogen (secondary N) is 1. The highest BCUT2D eigenvalue weighted by Crippen LogP contribution is 2.44. The van der Waals surface area contributed by atoms with Gasteiger partial charge in [0.1, 0.15) is 18.0 Å². The van der Waals surface area contributed by atoms with Gasteiger partial charge in [0.15, 0.2) is 0 Å². The molecule has 0 spiro atoms. The van der Waals surface area contributed by atoms with Crippen LogP contribution in [0.4, 0.5) is 5.69 Å². The van der Waals surface area contributed by atoms with Crippen molar-refractivity contribution in [1.82, 2.24) is 5.32 Å². The number of methoxy groups -OCH3 is 2. The van der Waals surface area contributed by atoms with Crippen LogP contribution >= 0.6 is 0 Å². The molecular formula is C18H26N2O5S. The van der Waals surface area contributed by atoms with E-state index in [0.717, 1.165) is 23.4 Å². The quantitative estimate of drug-likeness (QED) is 0.777. The van der Waals surface area contributed by atoms with E-state index >= 15 is 0 Å². The van der Waals surface area contributed by atoms with Crippen LogP contribution in [0, 0.1) is 11.8 Å². The number of ether oxygens (including phenoxy) is 2. The van der Waals surface area contributed by atoms with Crippen LogP contribution in [0.3, 0.4) is 0 Å². The predicted octanol–water partition coefficient (Wildman–Crippen LogP) is 1.77. The number of nitrogens with zero attached hydrogens (tertiary/aromatic N) is 1. The molecule has 0 aliphatic heterocycles. The van der Waals surface area contributed by atoms with Crippen LogP contribution in [0.2, 0.25) is 0 Å². The lowest BCUT2D eigenvalue weighted by Gasteiger charge is -2.27. The van der Waals surface area contributed by atoms with Gasteiger partial charge in [0, 0.05) is 12.1 Å². The van der Waals surface area contributed by atoms with E-state index in [1.54, 1.807) is 18.2 Å². The molecule has 1 N–H and O–H groups in total. The molecule has 144 valence electrons. The molecule has 1 aromatic carbocycles. The van der Waals surface area contributed by atoms with E-state index in [9.17, 15) is 13.2 Å². The molecule has 0 radical (unpaired) electrons. The number of rotatable bonds is 7. The van der Waals surface area contributed by atoms with Crippen LogP contribution < -0.4 is 19.1 Å². The van der Waals surface area contributed by atoms with Gasteiger partial charge in [-0.15, -0.1) is 0 Å². The molecule has 0 unspecified atom stereocenters. The largest absolute Gasteiger partial charge is 0.497 e. The van der Waals surface area contributed by atoms with Crippen molar-refractivity contribution in [3.05, 3.63) is 18.2 Å². The number of fused-ring (bicyclic) bond motifs is 2. The Morgan fingerprint density at radius 3 is 2.54 bits per heavy atom. The fraction of sp³-hybridized carbons (Fsp3) is 0.611.